The first-order valence-electron chi connectivity index (χ1n) is 5.01. The molecule has 1 atom stereocenters. The van der Waals surface area contributed by atoms with E-state index in [0.717, 1.165) is 0 Å². The molecule has 0 heterocycles. The SMILES string of the molecule is COc1cc(CBr)c([N+](=O)[O-])cc1OC(C)C#N. The van der Waals surface area contributed by atoms with Gasteiger partial charge >= 0.3 is 0 Å². The number of halogens is 1. The predicted molar refractivity (Wildman–Crippen MR) is 68.0 cm³/mol. The van der Waals surface area contributed by atoms with Crippen molar-refractivity contribution in [1.82, 2.24) is 0 Å². The minimum absolute atomic E-state index is 0.0761. The quantitative estimate of drug-likeness (QED) is 0.474. The van der Waals surface area contributed by atoms with Crippen LogP contribution < -0.4 is 9.47 Å². The van der Waals surface area contributed by atoms with Gasteiger partial charge in [0.25, 0.3) is 5.69 Å². The van der Waals surface area contributed by atoms with Gasteiger partial charge in [0, 0.05) is 10.9 Å². The van der Waals surface area contributed by atoms with Gasteiger partial charge in [0.15, 0.2) is 17.6 Å². The topological polar surface area (TPSA) is 85.4 Å². The molecule has 0 saturated heterocycles. The fourth-order valence-corrected chi connectivity index (χ4v) is 1.79. The Bertz CT molecular complexity index is 499. The van der Waals surface area contributed by atoms with Crippen molar-refractivity contribution in [1.29, 1.82) is 5.26 Å². The van der Waals surface area contributed by atoms with Crippen LogP contribution in [-0.4, -0.2) is 18.1 Å². The molecule has 0 saturated carbocycles. The predicted octanol–water partition coefficient (Wildman–Crippen LogP) is 2.79. The third kappa shape index (κ3) is 3.11. The van der Waals surface area contributed by atoms with Crippen molar-refractivity contribution >= 4 is 21.6 Å². The molecular weight excluding hydrogens is 304 g/mol. The van der Waals surface area contributed by atoms with E-state index in [-0.39, 0.29) is 11.4 Å². The first kappa shape index (κ1) is 14.3. The second-order valence-corrected chi connectivity index (χ2v) is 3.97. The average Bonchev–Trinajstić information content (AvgIpc) is 2.37. The summed E-state index contributed by atoms with van der Waals surface area (Å²) in [6.07, 6.45) is -0.715. The van der Waals surface area contributed by atoms with Crippen LogP contribution in [0.2, 0.25) is 0 Å². The maximum atomic E-state index is 10.9. The molecule has 0 aliphatic carbocycles. The number of nitriles is 1. The summed E-state index contributed by atoms with van der Waals surface area (Å²) in [5, 5.41) is 19.9. The number of alkyl halides is 1. The van der Waals surface area contributed by atoms with E-state index in [1.807, 2.05) is 6.07 Å². The lowest BCUT2D eigenvalue weighted by atomic mass is 10.2. The van der Waals surface area contributed by atoms with Crippen molar-refractivity contribution in [2.75, 3.05) is 7.11 Å². The number of methoxy groups -OCH3 is 1. The first-order valence-corrected chi connectivity index (χ1v) is 6.13. The van der Waals surface area contributed by atoms with Crippen LogP contribution in [0.15, 0.2) is 12.1 Å². The van der Waals surface area contributed by atoms with E-state index in [2.05, 4.69) is 15.9 Å². The molecule has 18 heavy (non-hydrogen) atoms. The summed E-state index contributed by atoms with van der Waals surface area (Å²) >= 11 is 3.18. The lowest BCUT2D eigenvalue weighted by molar-refractivity contribution is -0.385. The molecule has 0 fully saturated rings. The van der Waals surface area contributed by atoms with E-state index in [0.29, 0.717) is 16.6 Å². The molecule has 0 radical (unpaired) electrons. The molecule has 1 aromatic rings. The van der Waals surface area contributed by atoms with E-state index in [1.54, 1.807) is 6.92 Å². The van der Waals surface area contributed by atoms with Crippen molar-refractivity contribution in [2.45, 2.75) is 18.4 Å². The van der Waals surface area contributed by atoms with Crippen molar-refractivity contribution in [3.05, 3.63) is 27.8 Å². The fraction of sp³-hybridized carbons (Fsp3) is 0.364. The van der Waals surface area contributed by atoms with Crippen LogP contribution in [-0.2, 0) is 5.33 Å². The van der Waals surface area contributed by atoms with Gasteiger partial charge in [-0.05, 0) is 13.0 Å². The average molecular weight is 315 g/mol. The van der Waals surface area contributed by atoms with E-state index in [4.69, 9.17) is 14.7 Å². The van der Waals surface area contributed by atoms with Crippen molar-refractivity contribution < 1.29 is 14.4 Å². The van der Waals surface area contributed by atoms with Gasteiger partial charge in [0.05, 0.1) is 18.1 Å². The molecule has 0 aliphatic rings. The minimum Gasteiger partial charge on any atom is -0.493 e. The lowest BCUT2D eigenvalue weighted by Crippen LogP contribution is -2.09. The highest BCUT2D eigenvalue weighted by Gasteiger charge is 2.20. The number of benzene rings is 1. The van der Waals surface area contributed by atoms with Crippen LogP contribution in [0.1, 0.15) is 12.5 Å². The molecular formula is C11H11BrN2O4. The van der Waals surface area contributed by atoms with E-state index < -0.39 is 11.0 Å². The third-order valence-electron chi connectivity index (χ3n) is 2.19. The Kier molecular flexibility index (Phi) is 4.92. The van der Waals surface area contributed by atoms with Gasteiger partial charge in [0.1, 0.15) is 6.07 Å². The maximum absolute atomic E-state index is 10.9. The number of nitro groups is 1. The monoisotopic (exact) mass is 314 g/mol. The van der Waals surface area contributed by atoms with Gasteiger partial charge in [-0.1, -0.05) is 15.9 Å². The van der Waals surface area contributed by atoms with Gasteiger partial charge in [-0.25, -0.2) is 0 Å². The fourth-order valence-electron chi connectivity index (χ4n) is 1.34. The van der Waals surface area contributed by atoms with E-state index in [9.17, 15) is 10.1 Å². The number of ether oxygens (including phenoxy) is 2. The zero-order valence-electron chi connectivity index (χ0n) is 9.84. The first-order chi connectivity index (χ1) is 8.53. The second-order valence-electron chi connectivity index (χ2n) is 3.41. The van der Waals surface area contributed by atoms with Gasteiger partial charge in [-0.2, -0.15) is 5.26 Å². The van der Waals surface area contributed by atoms with Crippen LogP contribution in [0.4, 0.5) is 5.69 Å². The standard InChI is InChI=1S/C11H11BrN2O4/c1-7(6-13)18-11-4-9(14(15)16)8(5-12)3-10(11)17-2/h3-4,7H,5H2,1-2H3. The Balaban J connectivity index is 3.28. The Morgan fingerprint density at radius 1 is 1.56 bits per heavy atom. The Morgan fingerprint density at radius 3 is 2.67 bits per heavy atom. The zero-order valence-corrected chi connectivity index (χ0v) is 11.4. The molecule has 0 aromatic heterocycles. The van der Waals surface area contributed by atoms with Crippen LogP contribution in [0.5, 0.6) is 11.5 Å². The highest BCUT2D eigenvalue weighted by molar-refractivity contribution is 9.08. The number of hydrogen-bond donors (Lipinski definition) is 0. The van der Waals surface area contributed by atoms with E-state index in [1.165, 1.54) is 19.2 Å². The molecule has 1 aromatic carbocycles. The molecule has 96 valence electrons. The summed E-state index contributed by atoms with van der Waals surface area (Å²) in [5.74, 6) is 0.542. The minimum atomic E-state index is -0.715. The van der Waals surface area contributed by atoms with Gasteiger partial charge in [-0.15, -0.1) is 0 Å². The number of rotatable bonds is 5. The number of nitrogens with zero attached hydrogens (tertiary/aromatic N) is 2. The summed E-state index contributed by atoms with van der Waals surface area (Å²) in [7, 11) is 1.43. The van der Waals surface area contributed by atoms with Gasteiger partial charge in [-0.3, -0.25) is 10.1 Å². The molecule has 0 bridgehead atoms. The molecule has 6 nitrogen and oxygen atoms in total. The Morgan fingerprint density at radius 2 is 2.22 bits per heavy atom. The summed E-state index contributed by atoms with van der Waals surface area (Å²) in [6, 6.07) is 4.67. The van der Waals surface area contributed by atoms with Crippen molar-refractivity contribution in [3.8, 4) is 17.6 Å². The normalized spacial score (nSPS) is 11.4. The van der Waals surface area contributed by atoms with Gasteiger partial charge < -0.3 is 9.47 Å². The van der Waals surface area contributed by atoms with E-state index >= 15 is 0 Å². The molecule has 0 spiro atoms. The van der Waals surface area contributed by atoms with Crippen LogP contribution >= 0.6 is 15.9 Å². The van der Waals surface area contributed by atoms with Crippen LogP contribution in [0.25, 0.3) is 0 Å². The van der Waals surface area contributed by atoms with Crippen LogP contribution in [0.3, 0.4) is 0 Å². The second kappa shape index (κ2) is 6.21. The largest absolute Gasteiger partial charge is 0.493 e. The van der Waals surface area contributed by atoms with Crippen LogP contribution in [0, 0.1) is 21.4 Å². The molecule has 0 N–H and O–H groups in total. The third-order valence-corrected chi connectivity index (χ3v) is 2.80. The highest BCUT2D eigenvalue weighted by atomic mass is 79.9. The number of nitro benzene ring substituents is 1. The summed E-state index contributed by atoms with van der Waals surface area (Å²) in [4.78, 5) is 10.4. The van der Waals surface area contributed by atoms with Gasteiger partial charge in [0.2, 0.25) is 0 Å². The molecule has 0 aliphatic heterocycles. The molecule has 1 unspecified atom stereocenters. The zero-order chi connectivity index (χ0) is 13.7. The molecule has 7 heteroatoms. The maximum Gasteiger partial charge on any atom is 0.277 e. The highest BCUT2D eigenvalue weighted by Crippen LogP contribution is 2.36. The Labute approximate surface area is 112 Å². The number of hydrogen-bond acceptors (Lipinski definition) is 5. The summed E-state index contributed by atoms with van der Waals surface area (Å²) < 4.78 is 10.4. The molecule has 1 rings (SSSR count). The summed E-state index contributed by atoms with van der Waals surface area (Å²) in [5.41, 5.74) is 0.404. The van der Waals surface area contributed by atoms with Crippen molar-refractivity contribution in [2.24, 2.45) is 0 Å². The smallest absolute Gasteiger partial charge is 0.277 e. The molecule has 0 amide bonds. The summed E-state index contributed by atoms with van der Waals surface area (Å²) in [6.45, 7) is 1.55. The Hall–Kier alpha value is -1.81. The lowest BCUT2D eigenvalue weighted by Gasteiger charge is -2.13. The van der Waals surface area contributed by atoms with Crippen molar-refractivity contribution in [3.63, 3.8) is 0 Å².